The van der Waals surface area contributed by atoms with Crippen molar-refractivity contribution in [2.45, 2.75) is 17.9 Å². The largest absolute Gasteiger partial charge is 0.323 e. The summed E-state index contributed by atoms with van der Waals surface area (Å²) < 4.78 is 13.5. The Hall–Kier alpha value is -1.52. The monoisotopic (exact) mass is 323 g/mol. The second-order valence-electron chi connectivity index (χ2n) is 4.51. The number of carbonyl (C=O) groups excluding carboxylic acids is 1. The van der Waals surface area contributed by atoms with E-state index in [0.717, 1.165) is 5.56 Å². The first-order valence-electron chi connectivity index (χ1n) is 6.48. The zero-order valence-electron chi connectivity index (χ0n) is 11.5. The lowest BCUT2D eigenvalue weighted by Crippen LogP contribution is -2.23. The van der Waals surface area contributed by atoms with Crippen molar-refractivity contribution in [1.82, 2.24) is 0 Å². The molecule has 0 heterocycles. The predicted molar refractivity (Wildman–Crippen MR) is 87.2 cm³/mol. The summed E-state index contributed by atoms with van der Waals surface area (Å²) in [5.74, 6) is -0.0303. The molecule has 2 aromatic carbocycles. The number of benzene rings is 2. The molecule has 2 aromatic rings. The van der Waals surface area contributed by atoms with Crippen LogP contribution in [-0.2, 0) is 10.5 Å². The molecule has 0 aliphatic carbocycles. The summed E-state index contributed by atoms with van der Waals surface area (Å²) in [6, 6.07) is 13.6. The molecule has 0 bridgehead atoms. The molecular formula is C16H15ClFNOS. The van der Waals surface area contributed by atoms with Gasteiger partial charge in [0, 0.05) is 10.8 Å². The van der Waals surface area contributed by atoms with Gasteiger partial charge in [-0.3, -0.25) is 4.79 Å². The number of hydrogen-bond donors (Lipinski definition) is 1. The van der Waals surface area contributed by atoms with Crippen molar-refractivity contribution < 1.29 is 9.18 Å². The number of carbonyl (C=O) groups is 1. The van der Waals surface area contributed by atoms with Crippen LogP contribution in [0.25, 0.3) is 0 Å². The first kappa shape index (κ1) is 15.9. The number of halogens is 2. The lowest BCUT2D eigenvalue weighted by molar-refractivity contribution is -0.115. The highest BCUT2D eigenvalue weighted by atomic mass is 35.5. The molecule has 0 aliphatic rings. The van der Waals surface area contributed by atoms with Gasteiger partial charge in [-0.05, 0) is 30.7 Å². The summed E-state index contributed by atoms with van der Waals surface area (Å²) >= 11 is 7.53. The average Bonchev–Trinajstić information content (AvgIpc) is 2.48. The van der Waals surface area contributed by atoms with E-state index in [1.54, 1.807) is 25.1 Å². The summed E-state index contributed by atoms with van der Waals surface area (Å²) in [7, 11) is 0. The highest BCUT2D eigenvalue weighted by Gasteiger charge is 2.15. The number of para-hydroxylation sites is 1. The van der Waals surface area contributed by atoms with Gasteiger partial charge in [-0.15, -0.1) is 11.8 Å². The smallest absolute Gasteiger partial charge is 0.237 e. The second-order valence-corrected chi connectivity index (χ2v) is 6.25. The summed E-state index contributed by atoms with van der Waals surface area (Å²) in [6.45, 7) is 1.79. The third-order valence-corrected chi connectivity index (χ3v) is 4.51. The number of hydrogen-bond acceptors (Lipinski definition) is 2. The van der Waals surface area contributed by atoms with E-state index >= 15 is 0 Å². The Labute approximate surface area is 132 Å². The van der Waals surface area contributed by atoms with Gasteiger partial charge in [0.1, 0.15) is 5.82 Å². The van der Waals surface area contributed by atoms with E-state index in [2.05, 4.69) is 5.32 Å². The Morgan fingerprint density at radius 3 is 2.62 bits per heavy atom. The zero-order valence-corrected chi connectivity index (χ0v) is 13.0. The van der Waals surface area contributed by atoms with Gasteiger partial charge in [0.2, 0.25) is 5.91 Å². The van der Waals surface area contributed by atoms with Crippen LogP contribution in [0.3, 0.4) is 0 Å². The van der Waals surface area contributed by atoms with Crippen LogP contribution in [0.5, 0.6) is 0 Å². The molecular weight excluding hydrogens is 309 g/mol. The number of thioether (sulfide) groups is 1. The fourth-order valence-corrected chi connectivity index (χ4v) is 2.88. The lowest BCUT2D eigenvalue weighted by atomic mass is 10.2. The van der Waals surface area contributed by atoms with Gasteiger partial charge in [0.25, 0.3) is 0 Å². The van der Waals surface area contributed by atoms with Crippen molar-refractivity contribution in [3.63, 3.8) is 0 Å². The SMILES string of the molecule is C[C@@H](SCc1ccccc1Cl)C(=O)Nc1ccccc1F. The molecule has 0 aromatic heterocycles. The van der Waals surface area contributed by atoms with Crippen LogP contribution < -0.4 is 5.32 Å². The average molecular weight is 324 g/mol. The van der Waals surface area contributed by atoms with Gasteiger partial charge in [0.05, 0.1) is 10.9 Å². The third kappa shape index (κ3) is 4.48. The molecule has 0 aliphatic heterocycles. The minimum absolute atomic E-state index is 0.202. The number of anilines is 1. The van der Waals surface area contributed by atoms with Crippen molar-refractivity contribution in [3.05, 3.63) is 64.9 Å². The molecule has 0 fully saturated rings. The molecule has 0 saturated heterocycles. The van der Waals surface area contributed by atoms with Crippen LogP contribution >= 0.6 is 23.4 Å². The van der Waals surface area contributed by atoms with E-state index in [1.165, 1.54) is 17.8 Å². The fourth-order valence-electron chi connectivity index (χ4n) is 1.70. The number of amides is 1. The molecule has 2 rings (SSSR count). The fraction of sp³-hybridized carbons (Fsp3) is 0.188. The molecule has 0 spiro atoms. The summed E-state index contributed by atoms with van der Waals surface area (Å²) in [6.07, 6.45) is 0. The topological polar surface area (TPSA) is 29.1 Å². The van der Waals surface area contributed by atoms with Crippen LogP contribution in [0.1, 0.15) is 12.5 Å². The first-order valence-corrected chi connectivity index (χ1v) is 7.91. The van der Waals surface area contributed by atoms with E-state index in [9.17, 15) is 9.18 Å². The Balaban J connectivity index is 1.91. The van der Waals surface area contributed by atoms with Crippen LogP contribution in [0, 0.1) is 5.82 Å². The van der Waals surface area contributed by atoms with Gasteiger partial charge >= 0.3 is 0 Å². The molecule has 21 heavy (non-hydrogen) atoms. The van der Waals surface area contributed by atoms with Crippen LogP contribution in [0.15, 0.2) is 48.5 Å². The van der Waals surface area contributed by atoms with Gasteiger partial charge in [-0.1, -0.05) is 41.9 Å². The highest BCUT2D eigenvalue weighted by molar-refractivity contribution is 7.99. The van der Waals surface area contributed by atoms with Crippen molar-refractivity contribution in [1.29, 1.82) is 0 Å². The van der Waals surface area contributed by atoms with Crippen molar-refractivity contribution in [3.8, 4) is 0 Å². The molecule has 1 N–H and O–H groups in total. The number of nitrogens with one attached hydrogen (secondary N) is 1. The molecule has 2 nitrogen and oxygen atoms in total. The molecule has 0 radical (unpaired) electrons. The Kier molecular flexibility index (Phi) is 5.65. The summed E-state index contributed by atoms with van der Waals surface area (Å²) in [5.41, 5.74) is 1.18. The Bertz CT molecular complexity index is 635. The predicted octanol–water partition coefficient (Wildman–Crippen LogP) is 4.74. The van der Waals surface area contributed by atoms with Crippen molar-refractivity contribution >= 4 is 35.0 Å². The van der Waals surface area contributed by atoms with E-state index in [0.29, 0.717) is 10.8 Å². The van der Waals surface area contributed by atoms with Gasteiger partial charge < -0.3 is 5.32 Å². The van der Waals surface area contributed by atoms with Crippen LogP contribution in [-0.4, -0.2) is 11.2 Å². The summed E-state index contributed by atoms with van der Waals surface area (Å²) in [5, 5.41) is 2.98. The van der Waals surface area contributed by atoms with Gasteiger partial charge in [0.15, 0.2) is 0 Å². The third-order valence-electron chi connectivity index (χ3n) is 2.95. The lowest BCUT2D eigenvalue weighted by Gasteiger charge is -2.13. The van der Waals surface area contributed by atoms with Crippen molar-refractivity contribution in [2.75, 3.05) is 5.32 Å². The normalized spacial score (nSPS) is 12.0. The minimum atomic E-state index is -0.436. The maximum Gasteiger partial charge on any atom is 0.237 e. The number of rotatable bonds is 5. The molecule has 1 atom stereocenters. The van der Waals surface area contributed by atoms with E-state index in [-0.39, 0.29) is 16.8 Å². The van der Waals surface area contributed by atoms with Crippen molar-refractivity contribution in [2.24, 2.45) is 0 Å². The van der Waals surface area contributed by atoms with Gasteiger partial charge in [-0.2, -0.15) is 0 Å². The van der Waals surface area contributed by atoms with E-state index in [4.69, 9.17) is 11.6 Å². The first-order chi connectivity index (χ1) is 10.1. The molecule has 1 amide bonds. The Morgan fingerprint density at radius 2 is 1.90 bits per heavy atom. The van der Waals surface area contributed by atoms with Gasteiger partial charge in [-0.25, -0.2) is 4.39 Å². The van der Waals surface area contributed by atoms with Crippen LogP contribution in [0.4, 0.5) is 10.1 Å². The van der Waals surface area contributed by atoms with E-state index < -0.39 is 5.82 Å². The molecule has 110 valence electrons. The Morgan fingerprint density at radius 1 is 1.24 bits per heavy atom. The van der Waals surface area contributed by atoms with E-state index in [1.807, 2.05) is 24.3 Å². The molecule has 5 heteroatoms. The molecule has 0 saturated carbocycles. The maximum absolute atomic E-state index is 13.5. The quantitative estimate of drug-likeness (QED) is 0.861. The zero-order chi connectivity index (χ0) is 15.2. The molecule has 0 unspecified atom stereocenters. The van der Waals surface area contributed by atoms with Crippen LogP contribution in [0.2, 0.25) is 5.02 Å². The standard InChI is InChI=1S/C16H15ClFNOS/c1-11(21-10-12-6-2-3-7-13(12)17)16(20)19-15-9-5-4-8-14(15)18/h2-9,11H,10H2,1H3,(H,19,20)/t11-/m1/s1. The second kappa shape index (κ2) is 7.48. The summed E-state index contributed by atoms with van der Waals surface area (Å²) in [4.78, 5) is 12.0. The highest BCUT2D eigenvalue weighted by Crippen LogP contribution is 2.24. The maximum atomic E-state index is 13.5. The minimum Gasteiger partial charge on any atom is -0.323 e.